The molecule has 0 spiro atoms. The first-order valence-corrected chi connectivity index (χ1v) is 3.91. The van der Waals surface area contributed by atoms with Gasteiger partial charge in [-0.2, -0.15) is 5.26 Å². The lowest BCUT2D eigenvalue weighted by Crippen LogP contribution is -2.28. The van der Waals surface area contributed by atoms with E-state index in [-0.39, 0.29) is 0 Å². The number of nitrogens with zero attached hydrogens (tertiary/aromatic N) is 1. The lowest BCUT2D eigenvalue weighted by Gasteiger charge is -2.03. The summed E-state index contributed by atoms with van der Waals surface area (Å²) >= 11 is 0. The van der Waals surface area contributed by atoms with Crippen LogP contribution in [0.4, 0.5) is 0 Å². The first-order chi connectivity index (χ1) is 5.91. The normalized spacial score (nSPS) is 8.92. The molecule has 4 nitrogen and oxygen atoms in total. The number of hydrogen-bond acceptors (Lipinski definition) is 4. The number of nitrogens with one attached hydrogen (secondary N) is 2. The van der Waals surface area contributed by atoms with Gasteiger partial charge in [0.15, 0.2) is 0 Å². The molecule has 0 saturated heterocycles. The summed E-state index contributed by atoms with van der Waals surface area (Å²) in [5.41, 5.74) is 0. The van der Waals surface area contributed by atoms with Crippen LogP contribution in [0.5, 0.6) is 0 Å². The molecule has 0 aliphatic carbocycles. The van der Waals surface area contributed by atoms with Crippen molar-refractivity contribution in [3.8, 4) is 6.07 Å². The minimum absolute atomic E-state index is 0.463. The van der Waals surface area contributed by atoms with Gasteiger partial charge in [-0.05, 0) is 6.20 Å². The summed E-state index contributed by atoms with van der Waals surface area (Å²) in [7, 11) is 0. The molecule has 0 aromatic rings. The Bertz CT molecular complexity index is 142. The second kappa shape index (κ2) is 9.95. The van der Waals surface area contributed by atoms with E-state index in [4.69, 9.17) is 10.00 Å². The summed E-state index contributed by atoms with van der Waals surface area (Å²) in [4.78, 5) is 0. The van der Waals surface area contributed by atoms with Crippen LogP contribution in [-0.4, -0.2) is 26.4 Å². The van der Waals surface area contributed by atoms with Gasteiger partial charge in [-0.25, -0.2) is 0 Å². The molecule has 0 amide bonds. The van der Waals surface area contributed by atoms with E-state index < -0.39 is 0 Å². The summed E-state index contributed by atoms with van der Waals surface area (Å²) in [6.45, 7) is 6.14. The molecule has 4 heteroatoms. The van der Waals surface area contributed by atoms with Crippen molar-refractivity contribution in [1.29, 1.82) is 5.26 Å². The standard InChI is InChI=1S/C8H15N3O/c1-2-10-8-11-5-7-12-6-3-4-9/h2,10-11H,1,3,5-8H2. The van der Waals surface area contributed by atoms with Crippen molar-refractivity contribution in [2.45, 2.75) is 6.42 Å². The average molecular weight is 169 g/mol. The minimum Gasteiger partial charge on any atom is -0.379 e. The van der Waals surface area contributed by atoms with Crippen LogP contribution in [0.2, 0.25) is 0 Å². The van der Waals surface area contributed by atoms with Gasteiger partial charge in [0.1, 0.15) is 0 Å². The Morgan fingerprint density at radius 1 is 1.50 bits per heavy atom. The van der Waals surface area contributed by atoms with Crippen LogP contribution < -0.4 is 10.6 Å². The Labute approximate surface area is 73.2 Å². The molecule has 12 heavy (non-hydrogen) atoms. The molecule has 0 aliphatic heterocycles. The molecule has 2 N–H and O–H groups in total. The molecule has 0 atom stereocenters. The molecular formula is C8H15N3O. The molecule has 0 bridgehead atoms. The molecule has 0 saturated carbocycles. The van der Waals surface area contributed by atoms with Gasteiger partial charge in [0.05, 0.1) is 32.4 Å². The van der Waals surface area contributed by atoms with Crippen molar-refractivity contribution >= 4 is 0 Å². The third kappa shape index (κ3) is 8.95. The van der Waals surface area contributed by atoms with E-state index in [0.29, 0.717) is 26.3 Å². The minimum atomic E-state index is 0.463. The number of nitriles is 1. The molecule has 68 valence electrons. The van der Waals surface area contributed by atoms with Crippen LogP contribution in [0.1, 0.15) is 6.42 Å². The molecule has 0 heterocycles. The molecular weight excluding hydrogens is 154 g/mol. The van der Waals surface area contributed by atoms with Gasteiger partial charge in [-0.1, -0.05) is 6.58 Å². The number of ether oxygens (including phenoxy) is 1. The highest BCUT2D eigenvalue weighted by Crippen LogP contribution is 1.77. The first-order valence-electron chi connectivity index (χ1n) is 3.91. The van der Waals surface area contributed by atoms with Gasteiger partial charge >= 0.3 is 0 Å². The summed E-state index contributed by atoms with van der Waals surface area (Å²) < 4.78 is 5.12. The molecule has 0 aromatic carbocycles. The van der Waals surface area contributed by atoms with Crippen LogP contribution >= 0.6 is 0 Å². The largest absolute Gasteiger partial charge is 0.379 e. The van der Waals surface area contributed by atoms with E-state index in [2.05, 4.69) is 17.2 Å². The fourth-order valence-corrected chi connectivity index (χ4v) is 0.597. The molecule has 0 fully saturated rings. The van der Waals surface area contributed by atoms with Gasteiger partial charge in [0, 0.05) is 6.54 Å². The van der Waals surface area contributed by atoms with E-state index in [1.807, 2.05) is 6.07 Å². The Kier molecular flexibility index (Phi) is 9.08. The number of rotatable bonds is 8. The Hall–Kier alpha value is -1.05. The average Bonchev–Trinajstić information content (AvgIpc) is 2.10. The second-order valence-electron chi connectivity index (χ2n) is 2.11. The maximum atomic E-state index is 8.17. The predicted molar refractivity (Wildman–Crippen MR) is 47.3 cm³/mol. The fraction of sp³-hybridized carbons (Fsp3) is 0.625. The monoisotopic (exact) mass is 169 g/mol. The summed E-state index contributed by atoms with van der Waals surface area (Å²) in [5.74, 6) is 0. The van der Waals surface area contributed by atoms with Crippen molar-refractivity contribution in [2.24, 2.45) is 0 Å². The van der Waals surface area contributed by atoms with Gasteiger partial charge in [-0.15, -0.1) is 0 Å². The molecule has 0 aliphatic rings. The Morgan fingerprint density at radius 2 is 2.33 bits per heavy atom. The third-order valence-corrected chi connectivity index (χ3v) is 1.15. The van der Waals surface area contributed by atoms with Crippen LogP contribution in [0.15, 0.2) is 12.8 Å². The van der Waals surface area contributed by atoms with Crippen molar-refractivity contribution in [2.75, 3.05) is 26.4 Å². The fourth-order valence-electron chi connectivity index (χ4n) is 0.597. The van der Waals surface area contributed by atoms with E-state index in [1.54, 1.807) is 6.20 Å². The molecule has 0 radical (unpaired) electrons. The highest BCUT2D eigenvalue weighted by Gasteiger charge is 1.86. The van der Waals surface area contributed by atoms with Crippen LogP contribution in [-0.2, 0) is 4.74 Å². The summed E-state index contributed by atoms with van der Waals surface area (Å²) in [6, 6.07) is 2.01. The van der Waals surface area contributed by atoms with Crippen LogP contribution in [0, 0.1) is 11.3 Å². The Morgan fingerprint density at radius 3 is 3.00 bits per heavy atom. The Balaban J connectivity index is 2.82. The summed E-state index contributed by atoms with van der Waals surface area (Å²) in [6.07, 6.45) is 2.09. The second-order valence-corrected chi connectivity index (χ2v) is 2.11. The lowest BCUT2D eigenvalue weighted by atomic mass is 10.5. The zero-order valence-electron chi connectivity index (χ0n) is 7.18. The van der Waals surface area contributed by atoms with Crippen molar-refractivity contribution in [3.05, 3.63) is 12.8 Å². The maximum absolute atomic E-state index is 8.17. The highest BCUT2D eigenvalue weighted by atomic mass is 16.5. The zero-order valence-corrected chi connectivity index (χ0v) is 7.18. The van der Waals surface area contributed by atoms with Gasteiger partial charge in [0.25, 0.3) is 0 Å². The van der Waals surface area contributed by atoms with Crippen molar-refractivity contribution in [3.63, 3.8) is 0 Å². The predicted octanol–water partition coefficient (Wildman–Crippen LogP) is 0.197. The molecule has 0 unspecified atom stereocenters. The smallest absolute Gasteiger partial charge is 0.0648 e. The van der Waals surface area contributed by atoms with Gasteiger partial charge < -0.3 is 10.1 Å². The first kappa shape index (κ1) is 11.0. The molecule has 0 rings (SSSR count). The SMILES string of the molecule is C=CNCNCCOCCC#N. The highest BCUT2D eigenvalue weighted by molar-refractivity contribution is 4.67. The van der Waals surface area contributed by atoms with Crippen molar-refractivity contribution < 1.29 is 4.74 Å². The van der Waals surface area contributed by atoms with E-state index in [0.717, 1.165) is 6.54 Å². The third-order valence-electron chi connectivity index (χ3n) is 1.15. The van der Waals surface area contributed by atoms with Crippen LogP contribution in [0.25, 0.3) is 0 Å². The zero-order chi connectivity index (χ0) is 9.07. The summed E-state index contributed by atoms with van der Waals surface area (Å²) in [5, 5.41) is 14.1. The number of hydrogen-bond donors (Lipinski definition) is 2. The van der Waals surface area contributed by atoms with E-state index in [9.17, 15) is 0 Å². The maximum Gasteiger partial charge on any atom is 0.0648 e. The van der Waals surface area contributed by atoms with E-state index >= 15 is 0 Å². The van der Waals surface area contributed by atoms with Gasteiger partial charge in [0.2, 0.25) is 0 Å². The van der Waals surface area contributed by atoms with Crippen molar-refractivity contribution in [1.82, 2.24) is 10.6 Å². The lowest BCUT2D eigenvalue weighted by molar-refractivity contribution is 0.141. The van der Waals surface area contributed by atoms with E-state index in [1.165, 1.54) is 0 Å². The topological polar surface area (TPSA) is 57.1 Å². The van der Waals surface area contributed by atoms with Crippen LogP contribution in [0.3, 0.4) is 0 Å². The van der Waals surface area contributed by atoms with Gasteiger partial charge in [-0.3, -0.25) is 5.32 Å². The quantitative estimate of drug-likeness (QED) is 0.402. The molecule has 0 aromatic heterocycles.